The number of carbonyl (C=O) groups is 2. The topological polar surface area (TPSA) is 57.6 Å². The Morgan fingerprint density at radius 3 is 2.71 bits per heavy atom. The van der Waals surface area contributed by atoms with Crippen LogP contribution in [0, 0.1) is 18.3 Å². The number of carbonyl (C=O) groups excluding carboxylic acids is 1. The first-order valence-corrected chi connectivity index (χ1v) is 6.09. The molecule has 0 saturated carbocycles. The number of terminal acetylenes is 1. The highest BCUT2D eigenvalue weighted by molar-refractivity contribution is 5.79. The zero-order chi connectivity index (χ0) is 12.7. The van der Waals surface area contributed by atoms with Crippen LogP contribution in [0.1, 0.15) is 38.5 Å². The van der Waals surface area contributed by atoms with E-state index in [4.69, 9.17) is 11.5 Å². The van der Waals surface area contributed by atoms with Crippen LogP contribution in [-0.4, -0.2) is 35.0 Å². The summed E-state index contributed by atoms with van der Waals surface area (Å²) in [6.07, 6.45) is 9.55. The molecule has 0 aromatic carbocycles. The molecule has 0 bridgehead atoms. The number of hydrogen-bond donors (Lipinski definition) is 1. The molecule has 1 amide bonds. The molecule has 1 atom stereocenters. The van der Waals surface area contributed by atoms with Crippen molar-refractivity contribution in [2.45, 2.75) is 38.5 Å². The molecule has 1 aliphatic rings. The third kappa shape index (κ3) is 4.90. The van der Waals surface area contributed by atoms with Crippen LogP contribution in [0.25, 0.3) is 0 Å². The minimum Gasteiger partial charge on any atom is -0.481 e. The highest BCUT2D eigenvalue weighted by atomic mass is 16.4. The van der Waals surface area contributed by atoms with Gasteiger partial charge in [0.15, 0.2) is 0 Å². The quantitative estimate of drug-likeness (QED) is 0.539. The van der Waals surface area contributed by atoms with E-state index in [1.807, 2.05) is 4.90 Å². The Morgan fingerprint density at radius 2 is 2.12 bits per heavy atom. The molecular formula is C13H19NO3. The first-order chi connectivity index (χ1) is 8.13. The molecule has 17 heavy (non-hydrogen) atoms. The second-order valence-corrected chi connectivity index (χ2v) is 4.47. The summed E-state index contributed by atoms with van der Waals surface area (Å²) in [4.78, 5) is 23.6. The molecule has 1 heterocycles. The van der Waals surface area contributed by atoms with Gasteiger partial charge in [-0.3, -0.25) is 9.59 Å². The summed E-state index contributed by atoms with van der Waals surface area (Å²) in [5.41, 5.74) is 0. The minimum absolute atomic E-state index is 0.0783. The van der Waals surface area contributed by atoms with Crippen LogP contribution < -0.4 is 0 Å². The van der Waals surface area contributed by atoms with Crippen molar-refractivity contribution in [3.05, 3.63) is 0 Å². The highest BCUT2D eigenvalue weighted by Gasteiger charge is 2.27. The van der Waals surface area contributed by atoms with E-state index in [1.165, 1.54) is 0 Å². The van der Waals surface area contributed by atoms with Gasteiger partial charge in [-0.15, -0.1) is 12.3 Å². The van der Waals surface area contributed by atoms with Gasteiger partial charge in [0.1, 0.15) is 0 Å². The number of rotatable bonds is 7. The van der Waals surface area contributed by atoms with E-state index >= 15 is 0 Å². The molecule has 1 fully saturated rings. The van der Waals surface area contributed by atoms with Crippen LogP contribution >= 0.6 is 0 Å². The summed E-state index contributed by atoms with van der Waals surface area (Å²) in [6, 6.07) is 0. The fraction of sp³-hybridized carbons (Fsp3) is 0.692. The lowest BCUT2D eigenvalue weighted by Crippen LogP contribution is -2.26. The number of aliphatic carboxylic acids is 1. The highest BCUT2D eigenvalue weighted by Crippen LogP contribution is 2.17. The molecular weight excluding hydrogens is 218 g/mol. The lowest BCUT2D eigenvalue weighted by atomic mass is 10.1. The largest absolute Gasteiger partial charge is 0.481 e. The number of nitrogens with zero attached hydrogens (tertiary/aromatic N) is 1. The number of hydrogen-bond acceptors (Lipinski definition) is 2. The van der Waals surface area contributed by atoms with E-state index in [0.717, 1.165) is 32.2 Å². The Kier molecular flexibility index (Phi) is 5.55. The maximum absolute atomic E-state index is 11.5. The van der Waals surface area contributed by atoms with E-state index in [2.05, 4.69) is 5.92 Å². The molecule has 94 valence electrons. The van der Waals surface area contributed by atoms with Crippen LogP contribution in [0.2, 0.25) is 0 Å². The SMILES string of the molecule is C#CC1CC(=O)N(CCCCCCC(=O)O)C1. The van der Waals surface area contributed by atoms with Gasteiger partial charge in [-0.25, -0.2) is 0 Å². The molecule has 0 aromatic rings. The summed E-state index contributed by atoms with van der Waals surface area (Å²) >= 11 is 0. The minimum atomic E-state index is -0.739. The standard InChI is InChI=1S/C13H19NO3/c1-2-11-9-12(15)14(10-11)8-6-4-3-5-7-13(16)17/h1,11H,3-10H2,(H,16,17). The Hall–Kier alpha value is -1.50. The molecule has 4 nitrogen and oxygen atoms in total. The van der Waals surface area contributed by atoms with E-state index in [-0.39, 0.29) is 18.2 Å². The summed E-state index contributed by atoms with van der Waals surface area (Å²) < 4.78 is 0. The van der Waals surface area contributed by atoms with Gasteiger partial charge >= 0.3 is 5.97 Å². The molecule has 1 aliphatic heterocycles. The van der Waals surface area contributed by atoms with E-state index < -0.39 is 5.97 Å². The predicted octanol–water partition coefficient (Wildman–Crippen LogP) is 1.50. The van der Waals surface area contributed by atoms with Crippen molar-refractivity contribution >= 4 is 11.9 Å². The number of unbranched alkanes of at least 4 members (excludes halogenated alkanes) is 3. The molecule has 0 aliphatic carbocycles. The third-order valence-corrected chi connectivity index (χ3v) is 3.02. The molecule has 1 unspecified atom stereocenters. The van der Waals surface area contributed by atoms with Gasteiger partial charge in [0, 0.05) is 31.8 Å². The van der Waals surface area contributed by atoms with Crippen molar-refractivity contribution in [3.63, 3.8) is 0 Å². The summed E-state index contributed by atoms with van der Waals surface area (Å²) in [5.74, 6) is 2.11. The summed E-state index contributed by atoms with van der Waals surface area (Å²) in [7, 11) is 0. The Morgan fingerprint density at radius 1 is 1.41 bits per heavy atom. The Balaban J connectivity index is 2.05. The number of carboxylic acids is 1. The monoisotopic (exact) mass is 237 g/mol. The van der Waals surface area contributed by atoms with Gasteiger partial charge in [-0.1, -0.05) is 12.8 Å². The third-order valence-electron chi connectivity index (χ3n) is 3.02. The van der Waals surface area contributed by atoms with Gasteiger partial charge in [0.2, 0.25) is 5.91 Å². The molecule has 0 aromatic heterocycles. The van der Waals surface area contributed by atoms with Crippen LogP contribution in [0.5, 0.6) is 0 Å². The second-order valence-electron chi connectivity index (χ2n) is 4.47. The van der Waals surface area contributed by atoms with Gasteiger partial charge in [0.05, 0.1) is 0 Å². The number of likely N-dealkylation sites (tertiary alicyclic amines) is 1. The lowest BCUT2D eigenvalue weighted by Gasteiger charge is -2.15. The van der Waals surface area contributed by atoms with Gasteiger partial charge in [0.25, 0.3) is 0 Å². The average Bonchev–Trinajstić information content (AvgIpc) is 2.64. The smallest absolute Gasteiger partial charge is 0.303 e. The molecule has 1 rings (SSSR count). The van der Waals surface area contributed by atoms with Crippen LogP contribution in [-0.2, 0) is 9.59 Å². The maximum atomic E-state index is 11.5. The van der Waals surface area contributed by atoms with Gasteiger partial charge in [-0.2, -0.15) is 0 Å². The number of amides is 1. The molecule has 0 spiro atoms. The fourth-order valence-corrected chi connectivity index (χ4v) is 2.03. The first-order valence-electron chi connectivity index (χ1n) is 6.09. The average molecular weight is 237 g/mol. The van der Waals surface area contributed by atoms with Gasteiger partial charge < -0.3 is 10.0 Å². The van der Waals surface area contributed by atoms with Crippen molar-refractivity contribution in [3.8, 4) is 12.3 Å². The zero-order valence-electron chi connectivity index (χ0n) is 10.0. The van der Waals surface area contributed by atoms with Crippen molar-refractivity contribution in [2.75, 3.05) is 13.1 Å². The normalized spacial score (nSPS) is 19.4. The zero-order valence-corrected chi connectivity index (χ0v) is 10.0. The summed E-state index contributed by atoms with van der Waals surface area (Å²) in [5, 5.41) is 8.46. The first kappa shape index (κ1) is 13.6. The van der Waals surface area contributed by atoms with E-state index in [9.17, 15) is 9.59 Å². The predicted molar refractivity (Wildman–Crippen MR) is 64.2 cm³/mol. The van der Waals surface area contributed by atoms with Crippen molar-refractivity contribution < 1.29 is 14.7 Å². The fourth-order valence-electron chi connectivity index (χ4n) is 2.03. The van der Waals surface area contributed by atoms with Crippen molar-refractivity contribution in [2.24, 2.45) is 5.92 Å². The molecule has 1 saturated heterocycles. The lowest BCUT2D eigenvalue weighted by molar-refractivity contribution is -0.137. The van der Waals surface area contributed by atoms with Crippen molar-refractivity contribution in [1.29, 1.82) is 0 Å². The Bertz CT molecular complexity index is 319. The van der Waals surface area contributed by atoms with E-state index in [0.29, 0.717) is 13.0 Å². The molecule has 0 radical (unpaired) electrons. The van der Waals surface area contributed by atoms with Crippen LogP contribution in [0.3, 0.4) is 0 Å². The maximum Gasteiger partial charge on any atom is 0.303 e. The number of carboxylic acid groups (broad SMARTS) is 1. The van der Waals surface area contributed by atoms with Crippen LogP contribution in [0.4, 0.5) is 0 Å². The van der Waals surface area contributed by atoms with E-state index in [1.54, 1.807) is 0 Å². The second kappa shape index (κ2) is 6.95. The Labute approximate surface area is 102 Å². The van der Waals surface area contributed by atoms with Gasteiger partial charge in [-0.05, 0) is 12.8 Å². The van der Waals surface area contributed by atoms with Crippen LogP contribution in [0.15, 0.2) is 0 Å². The van der Waals surface area contributed by atoms with Crippen molar-refractivity contribution in [1.82, 2.24) is 4.90 Å². The summed E-state index contributed by atoms with van der Waals surface area (Å²) in [6.45, 7) is 1.44. The molecule has 4 heteroatoms. The molecule has 1 N–H and O–H groups in total.